The van der Waals surface area contributed by atoms with Crippen LogP contribution in [0.5, 0.6) is 0 Å². The smallest absolute Gasteiger partial charge is 0.394 e. The molecule has 0 bridgehead atoms. The van der Waals surface area contributed by atoms with Gasteiger partial charge in [-0.2, -0.15) is 52.6 Å². The number of hydrogen-bond acceptors (Lipinski definition) is 4. The van der Waals surface area contributed by atoms with Crippen LogP contribution in [0.15, 0.2) is 0 Å². The molecule has 0 aliphatic rings. The fraction of sp³-hybridized carbons (Fsp3) is 1.00. The second kappa shape index (κ2) is 8.06. The van der Waals surface area contributed by atoms with Crippen molar-refractivity contribution in [3.05, 3.63) is 0 Å². The number of alkyl halides is 11. The molecule has 0 aromatic rings. The SMILES string of the molecule is CCCN(CC(O)CO)S(=O)(=O)C(F)(F)C(F)(F)C(F)(F)C(F)(F)C(F)(F)F. The summed E-state index contributed by atoms with van der Waals surface area (Å²) in [5.74, 6) is -23.3. The molecule has 2 N–H and O–H groups in total. The summed E-state index contributed by atoms with van der Waals surface area (Å²) in [6, 6.07) is 0. The van der Waals surface area contributed by atoms with Gasteiger partial charge in [0, 0.05) is 13.1 Å². The summed E-state index contributed by atoms with van der Waals surface area (Å²) in [4.78, 5) is 0. The zero-order valence-corrected chi connectivity index (χ0v) is 14.4. The van der Waals surface area contributed by atoms with Gasteiger partial charge in [0.05, 0.1) is 12.7 Å². The van der Waals surface area contributed by atoms with Gasteiger partial charge < -0.3 is 10.2 Å². The molecule has 1 atom stereocenters. The molecule has 0 saturated heterocycles. The maximum absolute atomic E-state index is 13.8. The monoisotopic (exact) mass is 465 g/mol. The molecule has 28 heavy (non-hydrogen) atoms. The van der Waals surface area contributed by atoms with E-state index in [9.17, 15) is 56.7 Å². The maximum Gasteiger partial charge on any atom is 0.460 e. The van der Waals surface area contributed by atoms with E-state index in [4.69, 9.17) is 10.2 Å². The highest BCUT2D eigenvalue weighted by molar-refractivity contribution is 7.90. The van der Waals surface area contributed by atoms with Crippen LogP contribution in [0.2, 0.25) is 0 Å². The van der Waals surface area contributed by atoms with Crippen molar-refractivity contribution in [1.82, 2.24) is 4.31 Å². The largest absolute Gasteiger partial charge is 0.460 e. The van der Waals surface area contributed by atoms with Crippen LogP contribution in [0.3, 0.4) is 0 Å². The summed E-state index contributed by atoms with van der Waals surface area (Å²) >= 11 is 0. The summed E-state index contributed by atoms with van der Waals surface area (Å²) in [5, 5.41) is 10.5. The van der Waals surface area contributed by atoms with Crippen molar-refractivity contribution in [1.29, 1.82) is 0 Å². The van der Waals surface area contributed by atoms with Crippen molar-refractivity contribution in [2.24, 2.45) is 0 Å². The molecule has 0 fully saturated rings. The van der Waals surface area contributed by atoms with Gasteiger partial charge >= 0.3 is 29.2 Å². The lowest BCUT2D eigenvalue weighted by atomic mass is 10.0. The van der Waals surface area contributed by atoms with Crippen molar-refractivity contribution < 1.29 is 66.9 Å². The second-order valence-corrected chi connectivity index (χ2v) is 7.42. The fourth-order valence-corrected chi connectivity index (χ4v) is 3.30. The van der Waals surface area contributed by atoms with Gasteiger partial charge in [0.2, 0.25) is 0 Å². The Morgan fingerprint density at radius 2 is 1.29 bits per heavy atom. The van der Waals surface area contributed by atoms with Gasteiger partial charge in [-0.1, -0.05) is 6.92 Å². The topological polar surface area (TPSA) is 77.8 Å². The molecule has 170 valence electrons. The minimum atomic E-state index is -7.87. The third-order valence-corrected chi connectivity index (χ3v) is 5.19. The summed E-state index contributed by atoms with van der Waals surface area (Å²) < 4.78 is 165. The number of aliphatic hydroxyl groups is 2. The highest BCUT2D eigenvalue weighted by Crippen LogP contribution is 2.58. The maximum atomic E-state index is 13.8. The first-order valence-corrected chi connectivity index (χ1v) is 8.47. The minimum Gasteiger partial charge on any atom is -0.394 e. The first kappa shape index (κ1) is 27.1. The molecule has 0 aliphatic heterocycles. The third-order valence-electron chi connectivity index (χ3n) is 3.27. The Bertz CT molecular complexity index is 635. The zero-order chi connectivity index (χ0) is 23.0. The second-order valence-electron chi connectivity index (χ2n) is 5.44. The van der Waals surface area contributed by atoms with Crippen molar-refractivity contribution in [2.45, 2.75) is 48.6 Å². The Morgan fingerprint density at radius 3 is 1.61 bits per heavy atom. The van der Waals surface area contributed by atoms with Gasteiger partial charge in [0.15, 0.2) is 0 Å². The highest BCUT2D eigenvalue weighted by Gasteiger charge is 2.89. The number of nitrogens with zero attached hydrogens (tertiary/aromatic N) is 1. The first-order chi connectivity index (χ1) is 12.2. The van der Waals surface area contributed by atoms with Crippen LogP contribution in [-0.2, 0) is 10.0 Å². The zero-order valence-electron chi connectivity index (χ0n) is 13.6. The van der Waals surface area contributed by atoms with Gasteiger partial charge in [-0.3, -0.25) is 0 Å². The summed E-state index contributed by atoms with van der Waals surface area (Å²) in [5.41, 5.74) is 0. The molecule has 0 radical (unpaired) electrons. The first-order valence-electron chi connectivity index (χ1n) is 7.03. The molecule has 5 nitrogen and oxygen atoms in total. The van der Waals surface area contributed by atoms with Crippen LogP contribution < -0.4 is 0 Å². The number of halogens is 11. The standard InChI is InChI=1S/C11H14F11NO4S/c1-2-3-23(4-6(25)5-24)28(26,27)11(21,22)9(16,17)7(12,13)8(14,15)10(18,19)20/h6,24-25H,2-5H2,1H3. The lowest BCUT2D eigenvalue weighted by Crippen LogP contribution is -2.69. The van der Waals surface area contributed by atoms with Gasteiger partial charge in [-0.25, -0.2) is 8.42 Å². The van der Waals surface area contributed by atoms with Gasteiger partial charge in [0.25, 0.3) is 10.0 Å². The van der Waals surface area contributed by atoms with Crippen LogP contribution in [0.1, 0.15) is 13.3 Å². The number of sulfonamides is 1. The quantitative estimate of drug-likeness (QED) is 0.486. The van der Waals surface area contributed by atoms with Crippen molar-refractivity contribution >= 4 is 10.0 Å². The molecule has 0 heterocycles. The Balaban J connectivity index is 6.44. The molecule has 0 saturated carbocycles. The Morgan fingerprint density at radius 1 is 0.857 bits per heavy atom. The molecule has 17 heteroatoms. The molecular weight excluding hydrogens is 451 g/mol. The average molecular weight is 465 g/mol. The minimum absolute atomic E-state index is 0.450. The van der Waals surface area contributed by atoms with E-state index in [1.807, 2.05) is 0 Å². The van der Waals surface area contributed by atoms with Gasteiger partial charge in [0.1, 0.15) is 0 Å². The normalized spacial score (nSPS) is 16.5. The van der Waals surface area contributed by atoms with Crippen LogP contribution >= 0.6 is 0 Å². The highest BCUT2D eigenvalue weighted by atomic mass is 32.2. The molecule has 0 aliphatic carbocycles. The lowest BCUT2D eigenvalue weighted by Gasteiger charge is -2.38. The molecule has 0 rings (SSSR count). The van der Waals surface area contributed by atoms with Crippen molar-refractivity contribution in [3.8, 4) is 0 Å². The molecule has 0 aromatic carbocycles. The van der Waals surface area contributed by atoms with Crippen molar-refractivity contribution in [2.75, 3.05) is 19.7 Å². The van der Waals surface area contributed by atoms with Crippen LogP contribution in [0.25, 0.3) is 0 Å². The van der Waals surface area contributed by atoms with Crippen LogP contribution in [0.4, 0.5) is 48.3 Å². The van der Waals surface area contributed by atoms with Gasteiger partial charge in [-0.05, 0) is 6.42 Å². The average Bonchev–Trinajstić information content (AvgIpc) is 2.52. The molecular formula is C11H14F11NO4S. The van der Waals surface area contributed by atoms with E-state index in [0.29, 0.717) is 0 Å². The van der Waals surface area contributed by atoms with E-state index in [1.54, 1.807) is 0 Å². The molecule has 0 amide bonds. The fourth-order valence-electron chi connectivity index (χ4n) is 1.73. The predicted octanol–water partition coefficient (Wildman–Crippen LogP) is 2.44. The van der Waals surface area contributed by atoms with Crippen molar-refractivity contribution in [3.63, 3.8) is 0 Å². The number of rotatable bonds is 10. The van der Waals surface area contributed by atoms with E-state index in [-0.39, 0.29) is 0 Å². The van der Waals surface area contributed by atoms with Gasteiger partial charge in [-0.15, -0.1) is 0 Å². The summed E-state index contributed by atoms with van der Waals surface area (Å²) in [6.45, 7) is -2.94. The number of hydrogen-bond donors (Lipinski definition) is 2. The summed E-state index contributed by atoms with van der Waals surface area (Å²) in [7, 11) is -7.02. The Labute approximate surface area is 150 Å². The van der Waals surface area contributed by atoms with E-state index >= 15 is 0 Å². The van der Waals surface area contributed by atoms with E-state index in [2.05, 4.69) is 0 Å². The molecule has 0 spiro atoms. The van der Waals surface area contributed by atoms with E-state index in [1.165, 1.54) is 0 Å². The Hall–Kier alpha value is -0.940. The van der Waals surface area contributed by atoms with E-state index < -0.39 is 75.7 Å². The number of aliphatic hydroxyl groups excluding tert-OH is 2. The predicted molar refractivity (Wildman–Crippen MR) is 69.7 cm³/mol. The van der Waals surface area contributed by atoms with E-state index in [0.717, 1.165) is 6.92 Å². The lowest BCUT2D eigenvalue weighted by molar-refractivity contribution is -0.413. The third kappa shape index (κ3) is 4.16. The molecule has 1 unspecified atom stereocenters. The molecule has 0 aromatic heterocycles. The Kier molecular flexibility index (Phi) is 7.79. The van der Waals surface area contributed by atoms with Crippen LogP contribution in [-0.4, -0.2) is 77.9 Å². The van der Waals surface area contributed by atoms with Crippen LogP contribution in [0, 0.1) is 0 Å². The summed E-state index contributed by atoms with van der Waals surface area (Å²) in [6.07, 6.45) is -10.0.